The van der Waals surface area contributed by atoms with Crippen molar-refractivity contribution in [3.05, 3.63) is 0 Å². The minimum absolute atomic E-state index is 0.0833. The summed E-state index contributed by atoms with van der Waals surface area (Å²) >= 11 is 0. The molecule has 0 spiro atoms. The Labute approximate surface area is 42.3 Å². The summed E-state index contributed by atoms with van der Waals surface area (Å²) in [5.41, 5.74) is 0. The van der Waals surface area contributed by atoms with E-state index in [9.17, 15) is 4.79 Å². The van der Waals surface area contributed by atoms with Crippen molar-refractivity contribution in [1.82, 2.24) is 0 Å². The fraction of sp³-hybridized carbons (Fsp3) is 0.600. The van der Waals surface area contributed by atoms with Gasteiger partial charge in [-0.3, -0.25) is 9.79 Å². The molecule has 0 fully saturated rings. The van der Waals surface area contributed by atoms with E-state index in [2.05, 4.69) is 4.99 Å². The number of carbonyl (C=O) groups is 1. The Morgan fingerprint density at radius 2 is 2.71 bits per heavy atom. The van der Waals surface area contributed by atoms with Crippen LogP contribution in [0.1, 0.15) is 6.92 Å². The predicted octanol–water partition coefficient (Wildman–Crippen LogP) is 0.276. The summed E-state index contributed by atoms with van der Waals surface area (Å²) in [5.74, 6) is 0.319. The zero-order valence-electron chi connectivity index (χ0n) is 4.22. The fourth-order valence-electron chi connectivity index (χ4n) is 0.528. The number of hydrogen-bond donors (Lipinski definition) is 0. The SMILES string of the molecule is CC1C=NCC1=O. The molecule has 0 amide bonds. The van der Waals surface area contributed by atoms with Crippen LogP contribution in [0.2, 0.25) is 0 Å². The van der Waals surface area contributed by atoms with Crippen molar-refractivity contribution in [2.45, 2.75) is 6.92 Å². The summed E-state index contributed by atoms with van der Waals surface area (Å²) in [4.78, 5) is 14.2. The summed E-state index contributed by atoms with van der Waals surface area (Å²) in [6, 6.07) is 0. The maximum Gasteiger partial charge on any atom is 0.162 e. The summed E-state index contributed by atoms with van der Waals surface area (Å²) in [6.45, 7) is 2.26. The normalized spacial score (nSPS) is 29.3. The number of ketones is 1. The zero-order valence-corrected chi connectivity index (χ0v) is 4.22. The lowest BCUT2D eigenvalue weighted by Gasteiger charge is -1.87. The van der Waals surface area contributed by atoms with E-state index in [1.165, 1.54) is 0 Å². The third-order valence-corrected chi connectivity index (χ3v) is 1.08. The molecule has 0 aliphatic carbocycles. The molecule has 0 saturated heterocycles. The lowest BCUT2D eigenvalue weighted by atomic mass is 10.1. The highest BCUT2D eigenvalue weighted by Crippen LogP contribution is 1.99. The quantitative estimate of drug-likeness (QED) is 0.426. The molecule has 1 aliphatic rings. The van der Waals surface area contributed by atoms with Crippen LogP contribution in [0.25, 0.3) is 0 Å². The molecule has 0 aromatic rings. The minimum Gasteiger partial charge on any atom is -0.297 e. The Kier molecular flexibility index (Phi) is 0.929. The Morgan fingerprint density at radius 3 is 2.86 bits per heavy atom. The van der Waals surface area contributed by atoms with E-state index < -0.39 is 0 Å². The molecule has 0 aromatic carbocycles. The van der Waals surface area contributed by atoms with Crippen molar-refractivity contribution >= 4 is 12.0 Å². The van der Waals surface area contributed by atoms with Gasteiger partial charge in [0.05, 0.1) is 12.5 Å². The minimum atomic E-state index is 0.0833. The number of hydrogen-bond acceptors (Lipinski definition) is 2. The zero-order chi connectivity index (χ0) is 5.28. The molecule has 1 rings (SSSR count). The third kappa shape index (κ3) is 0.683. The number of carbonyl (C=O) groups excluding carboxylic acids is 1. The van der Waals surface area contributed by atoms with Gasteiger partial charge in [0.25, 0.3) is 0 Å². The van der Waals surface area contributed by atoms with E-state index in [-0.39, 0.29) is 11.7 Å². The second-order valence-corrected chi connectivity index (χ2v) is 1.74. The highest BCUT2D eigenvalue weighted by atomic mass is 16.1. The molecular formula is C5H7NO. The first-order valence-corrected chi connectivity index (χ1v) is 2.33. The number of Topliss-reactive ketones (excluding diaryl/α,β-unsaturated/α-hetero) is 1. The topological polar surface area (TPSA) is 29.4 Å². The van der Waals surface area contributed by atoms with Gasteiger partial charge in [0.2, 0.25) is 0 Å². The number of aliphatic imine (C=N–C) groups is 1. The first kappa shape index (κ1) is 4.50. The largest absolute Gasteiger partial charge is 0.297 e. The third-order valence-electron chi connectivity index (χ3n) is 1.08. The van der Waals surface area contributed by atoms with Gasteiger partial charge in [0, 0.05) is 6.21 Å². The summed E-state index contributed by atoms with van der Waals surface area (Å²) in [6.07, 6.45) is 1.70. The van der Waals surface area contributed by atoms with Crippen molar-refractivity contribution in [2.75, 3.05) is 6.54 Å². The molecule has 1 heterocycles. The van der Waals surface area contributed by atoms with Crippen molar-refractivity contribution in [2.24, 2.45) is 10.9 Å². The second kappa shape index (κ2) is 1.45. The summed E-state index contributed by atoms with van der Waals surface area (Å²) < 4.78 is 0. The Bertz CT molecular complexity index is 117. The van der Waals surface area contributed by atoms with Crippen molar-refractivity contribution in [3.8, 4) is 0 Å². The molecule has 0 radical (unpaired) electrons. The average molecular weight is 97.1 g/mol. The number of rotatable bonds is 0. The van der Waals surface area contributed by atoms with Gasteiger partial charge in [-0.25, -0.2) is 0 Å². The highest BCUT2D eigenvalue weighted by Gasteiger charge is 2.13. The van der Waals surface area contributed by atoms with Crippen LogP contribution in [-0.4, -0.2) is 18.5 Å². The van der Waals surface area contributed by atoms with Gasteiger partial charge in [0.15, 0.2) is 5.78 Å². The van der Waals surface area contributed by atoms with Gasteiger partial charge in [-0.15, -0.1) is 0 Å². The molecule has 0 saturated carbocycles. The summed E-state index contributed by atoms with van der Waals surface area (Å²) in [5, 5.41) is 0. The van der Waals surface area contributed by atoms with Gasteiger partial charge < -0.3 is 0 Å². The van der Waals surface area contributed by atoms with Crippen LogP contribution in [-0.2, 0) is 4.79 Å². The molecule has 0 N–H and O–H groups in total. The van der Waals surface area contributed by atoms with Gasteiger partial charge in [-0.2, -0.15) is 0 Å². The van der Waals surface area contributed by atoms with Gasteiger partial charge in [-0.05, 0) is 0 Å². The average Bonchev–Trinajstić information content (AvgIpc) is 1.91. The summed E-state index contributed by atoms with van der Waals surface area (Å²) in [7, 11) is 0. The smallest absolute Gasteiger partial charge is 0.162 e. The second-order valence-electron chi connectivity index (χ2n) is 1.74. The molecule has 2 heteroatoms. The van der Waals surface area contributed by atoms with Crippen molar-refractivity contribution < 1.29 is 4.79 Å². The standard InChI is InChI=1S/C5H7NO/c1-4-2-6-3-5(4)7/h2,4H,3H2,1H3. The van der Waals surface area contributed by atoms with E-state index in [1.807, 2.05) is 6.92 Å². The monoisotopic (exact) mass is 97.1 g/mol. The van der Waals surface area contributed by atoms with Gasteiger partial charge >= 0.3 is 0 Å². The van der Waals surface area contributed by atoms with E-state index in [4.69, 9.17) is 0 Å². The molecule has 2 nitrogen and oxygen atoms in total. The Balaban J connectivity index is 2.62. The molecule has 0 aromatic heterocycles. The number of nitrogens with zero attached hydrogens (tertiary/aromatic N) is 1. The van der Waals surface area contributed by atoms with Crippen molar-refractivity contribution in [1.29, 1.82) is 0 Å². The van der Waals surface area contributed by atoms with Gasteiger partial charge in [0.1, 0.15) is 0 Å². The van der Waals surface area contributed by atoms with Crippen LogP contribution in [0, 0.1) is 5.92 Å². The van der Waals surface area contributed by atoms with Crippen LogP contribution in [0.15, 0.2) is 4.99 Å². The Hall–Kier alpha value is -0.660. The van der Waals surface area contributed by atoms with Crippen LogP contribution in [0.3, 0.4) is 0 Å². The maximum atomic E-state index is 10.4. The molecule has 38 valence electrons. The molecule has 1 atom stereocenters. The molecule has 0 bridgehead atoms. The van der Waals surface area contributed by atoms with E-state index in [0.717, 1.165) is 0 Å². The Morgan fingerprint density at radius 1 is 2.00 bits per heavy atom. The van der Waals surface area contributed by atoms with Gasteiger partial charge in [-0.1, -0.05) is 6.92 Å². The van der Waals surface area contributed by atoms with E-state index >= 15 is 0 Å². The maximum absolute atomic E-state index is 10.4. The highest BCUT2D eigenvalue weighted by molar-refractivity contribution is 6.00. The van der Waals surface area contributed by atoms with E-state index in [1.54, 1.807) is 6.21 Å². The lowest BCUT2D eigenvalue weighted by Crippen LogP contribution is -2.06. The first-order valence-electron chi connectivity index (χ1n) is 2.33. The first-order chi connectivity index (χ1) is 3.30. The molecule has 7 heavy (non-hydrogen) atoms. The van der Waals surface area contributed by atoms with Crippen LogP contribution < -0.4 is 0 Å². The fourth-order valence-corrected chi connectivity index (χ4v) is 0.528. The molecule has 1 unspecified atom stereocenters. The van der Waals surface area contributed by atoms with Crippen LogP contribution >= 0.6 is 0 Å². The molecule has 1 aliphatic heterocycles. The molecular weight excluding hydrogens is 90.1 g/mol. The predicted molar refractivity (Wildman–Crippen MR) is 27.5 cm³/mol. The van der Waals surface area contributed by atoms with Crippen molar-refractivity contribution in [3.63, 3.8) is 0 Å². The van der Waals surface area contributed by atoms with E-state index in [0.29, 0.717) is 6.54 Å². The van der Waals surface area contributed by atoms with Crippen LogP contribution in [0.4, 0.5) is 0 Å². The lowest BCUT2D eigenvalue weighted by molar-refractivity contribution is -0.118. The van der Waals surface area contributed by atoms with Crippen LogP contribution in [0.5, 0.6) is 0 Å².